The van der Waals surface area contributed by atoms with Gasteiger partial charge < -0.3 is 0 Å². The molecular formula is C40H24S4. The predicted octanol–water partition coefficient (Wildman–Crippen LogP) is 13.6. The van der Waals surface area contributed by atoms with Crippen molar-refractivity contribution < 1.29 is 0 Å². The monoisotopic (exact) mass is 632 g/mol. The Morgan fingerprint density at radius 3 is 0.659 bits per heavy atom. The molecule has 4 aromatic heterocycles. The van der Waals surface area contributed by atoms with Crippen LogP contribution in [0.5, 0.6) is 0 Å². The van der Waals surface area contributed by atoms with E-state index in [9.17, 15) is 0 Å². The topological polar surface area (TPSA) is 0 Å². The first-order valence-electron chi connectivity index (χ1n) is 14.6. The van der Waals surface area contributed by atoms with Gasteiger partial charge in [0.25, 0.3) is 0 Å². The largest absolute Gasteiger partial charge is 0.142 e. The summed E-state index contributed by atoms with van der Waals surface area (Å²) in [6.07, 6.45) is 0. The fraction of sp³-hybridized carbons (Fsp3) is 0. The van der Waals surface area contributed by atoms with Crippen molar-refractivity contribution in [3.8, 4) is 86.3 Å². The zero-order valence-corrected chi connectivity index (χ0v) is 26.8. The lowest BCUT2D eigenvalue weighted by molar-refractivity contribution is 1.63. The van der Waals surface area contributed by atoms with Gasteiger partial charge in [0.15, 0.2) is 0 Å². The molecule has 0 N–H and O–H groups in total. The second-order valence-electron chi connectivity index (χ2n) is 10.9. The summed E-state index contributed by atoms with van der Waals surface area (Å²) in [7, 11) is 0. The first-order valence-corrected chi connectivity index (χ1v) is 18.1. The van der Waals surface area contributed by atoms with Crippen LogP contribution in [0.1, 0.15) is 0 Å². The van der Waals surface area contributed by atoms with E-state index >= 15 is 0 Å². The average molecular weight is 633 g/mol. The van der Waals surface area contributed by atoms with Gasteiger partial charge in [0.1, 0.15) is 0 Å². The third kappa shape index (κ3) is 4.06. The van der Waals surface area contributed by atoms with Crippen LogP contribution in [0.2, 0.25) is 0 Å². The number of hydrogen-bond acceptors (Lipinski definition) is 4. The summed E-state index contributed by atoms with van der Waals surface area (Å²) in [5.74, 6) is 0. The van der Waals surface area contributed by atoms with E-state index in [0.29, 0.717) is 0 Å². The van der Waals surface area contributed by atoms with E-state index < -0.39 is 0 Å². The van der Waals surface area contributed by atoms with Crippen LogP contribution < -0.4 is 0 Å². The molecular weight excluding hydrogens is 609 g/mol. The fourth-order valence-corrected chi connectivity index (χ4v) is 10.8. The van der Waals surface area contributed by atoms with Crippen LogP contribution in [-0.4, -0.2) is 0 Å². The second kappa shape index (κ2) is 10.7. The first-order chi connectivity index (χ1) is 21.9. The maximum atomic E-state index is 2.42. The van der Waals surface area contributed by atoms with Crippen molar-refractivity contribution in [3.63, 3.8) is 0 Å². The molecule has 0 saturated heterocycles. The van der Waals surface area contributed by atoms with Crippen molar-refractivity contribution in [1.29, 1.82) is 0 Å². The summed E-state index contributed by atoms with van der Waals surface area (Å²) in [6.45, 7) is 0. The Morgan fingerprint density at radius 2 is 0.455 bits per heavy atom. The Balaban J connectivity index is 1.44. The SMILES string of the molecule is c1ccc(-c2scc3c2-c2csc(-c4ccccc4)c2-c2csc(-c4ccccc4)c2-c2csc(-c4ccccc4)c2-3)cc1. The molecule has 0 nitrogen and oxygen atoms in total. The van der Waals surface area contributed by atoms with Crippen molar-refractivity contribution >= 4 is 45.3 Å². The molecule has 0 fully saturated rings. The molecule has 44 heavy (non-hydrogen) atoms. The van der Waals surface area contributed by atoms with Crippen LogP contribution in [0.4, 0.5) is 0 Å². The molecule has 1 aliphatic rings. The highest BCUT2D eigenvalue weighted by Gasteiger charge is 2.33. The highest BCUT2D eigenvalue weighted by Crippen LogP contribution is 2.61. The quantitative estimate of drug-likeness (QED) is 0.181. The van der Waals surface area contributed by atoms with Crippen LogP contribution in [-0.2, 0) is 0 Å². The van der Waals surface area contributed by atoms with Crippen LogP contribution in [0.25, 0.3) is 86.3 Å². The average Bonchev–Trinajstić information content (AvgIpc) is 3.89. The minimum absolute atomic E-state index is 1.27. The van der Waals surface area contributed by atoms with Crippen LogP contribution in [0.3, 0.4) is 0 Å². The molecule has 1 aliphatic carbocycles. The molecule has 8 aromatic rings. The smallest absolute Gasteiger partial charge is 0.0428 e. The molecule has 0 atom stereocenters. The molecule has 0 aliphatic heterocycles. The maximum absolute atomic E-state index is 2.42. The van der Waals surface area contributed by atoms with Crippen LogP contribution in [0, 0.1) is 0 Å². The molecule has 4 heterocycles. The predicted molar refractivity (Wildman–Crippen MR) is 195 cm³/mol. The van der Waals surface area contributed by atoms with Gasteiger partial charge in [-0.2, -0.15) is 0 Å². The Bertz CT molecular complexity index is 1890. The Hall–Kier alpha value is -4.32. The van der Waals surface area contributed by atoms with E-state index in [1.807, 2.05) is 45.3 Å². The highest BCUT2D eigenvalue weighted by atomic mass is 32.1. The van der Waals surface area contributed by atoms with Gasteiger partial charge in [-0.3, -0.25) is 0 Å². The van der Waals surface area contributed by atoms with Crippen molar-refractivity contribution in [2.75, 3.05) is 0 Å². The van der Waals surface area contributed by atoms with Gasteiger partial charge >= 0.3 is 0 Å². The van der Waals surface area contributed by atoms with E-state index in [4.69, 9.17) is 0 Å². The van der Waals surface area contributed by atoms with E-state index in [1.165, 1.54) is 86.3 Å². The van der Waals surface area contributed by atoms with E-state index in [-0.39, 0.29) is 0 Å². The zero-order valence-electron chi connectivity index (χ0n) is 23.5. The maximum Gasteiger partial charge on any atom is 0.0428 e. The van der Waals surface area contributed by atoms with Crippen molar-refractivity contribution in [3.05, 3.63) is 143 Å². The van der Waals surface area contributed by atoms with Crippen LogP contribution >= 0.6 is 45.3 Å². The summed E-state index contributed by atoms with van der Waals surface area (Å²) in [5.41, 5.74) is 15.8. The molecule has 4 aromatic carbocycles. The lowest BCUT2D eigenvalue weighted by Gasteiger charge is -2.19. The fourth-order valence-electron chi connectivity index (χ4n) is 6.44. The third-order valence-electron chi connectivity index (χ3n) is 8.39. The molecule has 9 rings (SSSR count). The highest BCUT2D eigenvalue weighted by molar-refractivity contribution is 7.17. The Morgan fingerprint density at radius 1 is 0.250 bits per heavy atom. The zero-order chi connectivity index (χ0) is 29.0. The second-order valence-corrected chi connectivity index (χ2v) is 14.4. The number of hydrogen-bond donors (Lipinski definition) is 0. The molecule has 0 amide bonds. The van der Waals surface area contributed by atoms with E-state index in [1.54, 1.807) is 0 Å². The van der Waals surface area contributed by atoms with E-state index in [0.717, 1.165) is 0 Å². The van der Waals surface area contributed by atoms with Crippen molar-refractivity contribution in [2.45, 2.75) is 0 Å². The molecule has 0 saturated carbocycles. The summed E-state index contributed by atoms with van der Waals surface area (Å²) < 4.78 is 0. The van der Waals surface area contributed by atoms with Crippen molar-refractivity contribution in [2.24, 2.45) is 0 Å². The van der Waals surface area contributed by atoms with Gasteiger partial charge in [0.05, 0.1) is 0 Å². The molecule has 208 valence electrons. The van der Waals surface area contributed by atoms with Crippen LogP contribution in [0.15, 0.2) is 143 Å². The van der Waals surface area contributed by atoms with Gasteiger partial charge in [-0.25, -0.2) is 0 Å². The lowest BCUT2D eigenvalue weighted by atomic mass is 9.82. The summed E-state index contributed by atoms with van der Waals surface area (Å²) in [5, 5.41) is 9.66. The Kier molecular flexibility index (Phi) is 6.34. The van der Waals surface area contributed by atoms with Crippen molar-refractivity contribution in [1.82, 2.24) is 0 Å². The third-order valence-corrected chi connectivity index (χ3v) is 12.5. The standard InChI is InChI=1S/C40H24S4/c1-5-13-25(14-6-1)37-33-29(21-41-37)34-31(23-43-38(34)26-15-7-2-8-16-26)36-32(24-44-40(36)28-19-11-4-12-20-28)35-30(33)22-42-39(35)27-17-9-3-10-18-27/h1-24H. The molecule has 4 heteroatoms. The molecule has 0 radical (unpaired) electrons. The summed E-state index contributed by atoms with van der Waals surface area (Å²) in [4.78, 5) is 5.32. The minimum Gasteiger partial charge on any atom is -0.142 e. The van der Waals surface area contributed by atoms with E-state index in [2.05, 4.69) is 143 Å². The summed E-state index contributed by atoms with van der Waals surface area (Å²) >= 11 is 7.48. The van der Waals surface area contributed by atoms with Gasteiger partial charge in [-0.1, -0.05) is 121 Å². The van der Waals surface area contributed by atoms with Gasteiger partial charge in [0, 0.05) is 64.0 Å². The number of fused-ring (bicyclic) bond motifs is 8. The lowest BCUT2D eigenvalue weighted by Crippen LogP contribution is -1.93. The van der Waals surface area contributed by atoms with Gasteiger partial charge in [-0.15, -0.1) is 45.3 Å². The number of thiophene rings is 4. The number of rotatable bonds is 4. The molecule has 0 unspecified atom stereocenters. The molecule has 0 bridgehead atoms. The minimum atomic E-state index is 1.27. The normalized spacial score (nSPS) is 11.6. The first kappa shape index (κ1) is 26.1. The van der Waals surface area contributed by atoms with Gasteiger partial charge in [-0.05, 0) is 43.8 Å². The molecule has 0 spiro atoms. The van der Waals surface area contributed by atoms with Gasteiger partial charge in [0.2, 0.25) is 0 Å². The summed E-state index contributed by atoms with van der Waals surface area (Å²) in [6, 6.07) is 43.7. The number of benzene rings is 4. The Labute approximate surface area is 272 Å².